The molecule has 0 unspecified atom stereocenters. The predicted octanol–water partition coefficient (Wildman–Crippen LogP) is 3.88. The number of amides is 2. The highest BCUT2D eigenvalue weighted by atomic mass is 32.1. The summed E-state index contributed by atoms with van der Waals surface area (Å²) in [5.41, 5.74) is 3.44. The van der Waals surface area contributed by atoms with Crippen molar-refractivity contribution in [1.29, 1.82) is 0 Å². The summed E-state index contributed by atoms with van der Waals surface area (Å²) in [5, 5.41) is 14.3. The Bertz CT molecular complexity index is 902. The normalized spacial score (nSPS) is 13.2. The lowest BCUT2D eigenvalue weighted by Gasteiger charge is -2.24. The first-order chi connectivity index (χ1) is 15.4. The Morgan fingerprint density at radius 1 is 0.719 bits per heavy atom. The smallest absolute Gasteiger partial charge is 0.251 e. The van der Waals surface area contributed by atoms with Gasteiger partial charge in [0.2, 0.25) is 0 Å². The molecule has 0 saturated heterocycles. The van der Waals surface area contributed by atoms with E-state index in [1.54, 1.807) is 46.9 Å². The second-order valence-corrected chi connectivity index (χ2v) is 9.63. The number of carbonyl (C=O) groups is 2. The van der Waals surface area contributed by atoms with E-state index in [1.807, 2.05) is 39.0 Å². The molecule has 0 aliphatic rings. The third kappa shape index (κ3) is 6.26. The SMILES string of the molecule is CN(C)[C@@H](CNC(=O)c1ccc(C(=O)NC[C@@H](c2ccsc2)N(C)C)cc1)c1ccsc1. The highest BCUT2D eigenvalue weighted by Crippen LogP contribution is 2.21. The summed E-state index contributed by atoms with van der Waals surface area (Å²) in [4.78, 5) is 29.4. The van der Waals surface area contributed by atoms with E-state index >= 15 is 0 Å². The number of carbonyl (C=O) groups excluding carboxylic acids is 2. The molecule has 0 aliphatic carbocycles. The van der Waals surface area contributed by atoms with Crippen LogP contribution in [-0.2, 0) is 0 Å². The molecule has 170 valence electrons. The van der Waals surface area contributed by atoms with Gasteiger partial charge in [-0.15, -0.1) is 0 Å². The molecule has 2 N–H and O–H groups in total. The van der Waals surface area contributed by atoms with Gasteiger partial charge in [-0.3, -0.25) is 9.59 Å². The summed E-state index contributed by atoms with van der Waals surface area (Å²) in [6.07, 6.45) is 0. The van der Waals surface area contributed by atoms with E-state index in [0.717, 1.165) is 0 Å². The summed E-state index contributed by atoms with van der Waals surface area (Å²) in [5.74, 6) is -0.298. The molecule has 8 heteroatoms. The lowest BCUT2D eigenvalue weighted by molar-refractivity contribution is 0.0930. The van der Waals surface area contributed by atoms with Gasteiger partial charge < -0.3 is 20.4 Å². The standard InChI is InChI=1S/C24H30N4O2S2/c1-27(2)21(19-9-11-31-15-19)13-25-23(29)17-5-7-18(8-6-17)24(30)26-14-22(28(3)4)20-10-12-32-16-20/h5-12,15-16,21-22H,13-14H2,1-4H3,(H,25,29)(H,26,30)/t21-,22-/m0/s1. The first-order valence-electron chi connectivity index (χ1n) is 10.4. The van der Waals surface area contributed by atoms with E-state index in [1.165, 1.54) is 11.1 Å². The van der Waals surface area contributed by atoms with Gasteiger partial charge in [0.1, 0.15) is 0 Å². The minimum absolute atomic E-state index is 0.114. The monoisotopic (exact) mass is 470 g/mol. The first kappa shape index (κ1) is 24.1. The van der Waals surface area contributed by atoms with Gasteiger partial charge in [0, 0.05) is 24.2 Å². The molecule has 2 aromatic heterocycles. The van der Waals surface area contributed by atoms with E-state index in [2.05, 4.69) is 43.3 Å². The minimum Gasteiger partial charge on any atom is -0.350 e. The van der Waals surface area contributed by atoms with Gasteiger partial charge in [-0.05, 0) is 97.2 Å². The van der Waals surface area contributed by atoms with Crippen molar-refractivity contribution in [2.75, 3.05) is 41.3 Å². The van der Waals surface area contributed by atoms with Crippen molar-refractivity contribution >= 4 is 34.5 Å². The molecule has 1 aromatic carbocycles. The van der Waals surface area contributed by atoms with Crippen LogP contribution < -0.4 is 10.6 Å². The summed E-state index contributed by atoms with van der Waals surface area (Å²) < 4.78 is 0. The molecule has 6 nitrogen and oxygen atoms in total. The van der Waals surface area contributed by atoms with Gasteiger partial charge in [-0.1, -0.05) is 0 Å². The Morgan fingerprint density at radius 3 is 1.38 bits per heavy atom. The summed E-state index contributed by atoms with van der Waals surface area (Å²) in [6.45, 7) is 1.03. The fourth-order valence-electron chi connectivity index (χ4n) is 3.48. The van der Waals surface area contributed by atoms with Crippen molar-refractivity contribution in [2.45, 2.75) is 12.1 Å². The maximum atomic E-state index is 12.6. The molecule has 2 atom stereocenters. The molecule has 0 aliphatic heterocycles. The second kappa shape index (κ2) is 11.4. The van der Waals surface area contributed by atoms with Gasteiger partial charge in [0.15, 0.2) is 0 Å². The highest BCUT2D eigenvalue weighted by Gasteiger charge is 2.18. The van der Waals surface area contributed by atoms with Crippen LogP contribution in [0.5, 0.6) is 0 Å². The number of benzene rings is 1. The van der Waals surface area contributed by atoms with Crippen LogP contribution in [0, 0.1) is 0 Å². The molecule has 2 heterocycles. The Kier molecular flexibility index (Phi) is 8.58. The predicted molar refractivity (Wildman–Crippen MR) is 133 cm³/mol. The van der Waals surface area contributed by atoms with Gasteiger partial charge in [-0.2, -0.15) is 22.7 Å². The molecule has 32 heavy (non-hydrogen) atoms. The Hall–Kier alpha value is -2.52. The van der Waals surface area contributed by atoms with Crippen molar-refractivity contribution < 1.29 is 9.59 Å². The summed E-state index contributed by atoms with van der Waals surface area (Å²) >= 11 is 3.29. The van der Waals surface area contributed by atoms with Crippen LogP contribution in [0.1, 0.15) is 43.9 Å². The zero-order valence-corrected chi connectivity index (χ0v) is 20.5. The average Bonchev–Trinajstić information content (AvgIpc) is 3.48. The fourth-order valence-corrected chi connectivity index (χ4v) is 4.90. The zero-order valence-electron chi connectivity index (χ0n) is 18.9. The molecule has 0 spiro atoms. The van der Waals surface area contributed by atoms with E-state index in [0.29, 0.717) is 24.2 Å². The lowest BCUT2D eigenvalue weighted by atomic mass is 10.1. The lowest BCUT2D eigenvalue weighted by Crippen LogP contribution is -2.35. The minimum atomic E-state index is -0.149. The summed E-state index contributed by atoms with van der Waals surface area (Å²) in [6, 6.07) is 11.2. The molecule has 0 bridgehead atoms. The van der Waals surface area contributed by atoms with Crippen molar-refractivity contribution in [1.82, 2.24) is 20.4 Å². The molecule has 3 aromatic rings. The van der Waals surface area contributed by atoms with Gasteiger partial charge >= 0.3 is 0 Å². The number of nitrogens with zero attached hydrogens (tertiary/aromatic N) is 2. The van der Waals surface area contributed by atoms with Crippen molar-refractivity contribution in [3.05, 3.63) is 80.2 Å². The molecular formula is C24H30N4O2S2. The topological polar surface area (TPSA) is 64.7 Å². The number of hydrogen-bond donors (Lipinski definition) is 2. The average molecular weight is 471 g/mol. The highest BCUT2D eigenvalue weighted by molar-refractivity contribution is 7.08. The van der Waals surface area contributed by atoms with Crippen molar-refractivity contribution in [2.24, 2.45) is 0 Å². The second-order valence-electron chi connectivity index (χ2n) is 8.07. The fraction of sp³-hybridized carbons (Fsp3) is 0.333. The Morgan fingerprint density at radius 2 is 1.09 bits per heavy atom. The molecule has 0 radical (unpaired) electrons. The first-order valence-corrected chi connectivity index (χ1v) is 12.3. The van der Waals surface area contributed by atoms with Crippen LogP contribution in [0.2, 0.25) is 0 Å². The van der Waals surface area contributed by atoms with Crippen LogP contribution in [0.4, 0.5) is 0 Å². The van der Waals surface area contributed by atoms with Crippen LogP contribution in [0.25, 0.3) is 0 Å². The van der Waals surface area contributed by atoms with Gasteiger partial charge in [0.25, 0.3) is 11.8 Å². The number of hydrogen-bond acceptors (Lipinski definition) is 6. The van der Waals surface area contributed by atoms with E-state index < -0.39 is 0 Å². The maximum Gasteiger partial charge on any atom is 0.251 e. The van der Waals surface area contributed by atoms with Crippen LogP contribution in [-0.4, -0.2) is 62.9 Å². The van der Waals surface area contributed by atoms with E-state index in [9.17, 15) is 9.59 Å². The molecule has 0 fully saturated rings. The third-order valence-electron chi connectivity index (χ3n) is 5.42. The van der Waals surface area contributed by atoms with Crippen LogP contribution in [0.3, 0.4) is 0 Å². The largest absolute Gasteiger partial charge is 0.350 e. The molecule has 2 amide bonds. The zero-order chi connectivity index (χ0) is 23.1. The van der Waals surface area contributed by atoms with E-state index in [-0.39, 0.29) is 23.9 Å². The number of rotatable bonds is 10. The number of nitrogens with one attached hydrogen (secondary N) is 2. The van der Waals surface area contributed by atoms with Crippen LogP contribution >= 0.6 is 22.7 Å². The molecule has 3 rings (SSSR count). The Balaban J connectivity index is 1.55. The summed E-state index contributed by atoms with van der Waals surface area (Å²) in [7, 11) is 8.00. The van der Waals surface area contributed by atoms with E-state index in [4.69, 9.17) is 0 Å². The van der Waals surface area contributed by atoms with Gasteiger partial charge in [-0.25, -0.2) is 0 Å². The molecular weight excluding hydrogens is 440 g/mol. The third-order valence-corrected chi connectivity index (χ3v) is 6.83. The molecule has 0 saturated carbocycles. The van der Waals surface area contributed by atoms with Crippen molar-refractivity contribution in [3.8, 4) is 0 Å². The quantitative estimate of drug-likeness (QED) is 0.472. The van der Waals surface area contributed by atoms with Gasteiger partial charge in [0.05, 0.1) is 12.1 Å². The number of likely N-dealkylation sites (N-methyl/N-ethyl adjacent to an activating group) is 2. The number of thiophene rings is 2. The van der Waals surface area contributed by atoms with Crippen LogP contribution in [0.15, 0.2) is 57.9 Å². The maximum absolute atomic E-state index is 12.6. The van der Waals surface area contributed by atoms with Crippen molar-refractivity contribution in [3.63, 3.8) is 0 Å². The Labute approximate surface area is 197 Å².